The maximum Gasteiger partial charge on any atom is 0.204 e. The summed E-state index contributed by atoms with van der Waals surface area (Å²) in [6, 6.07) is 0. The van der Waals surface area contributed by atoms with Crippen molar-refractivity contribution in [3.8, 4) is 5.75 Å². The molecule has 0 aliphatic rings. The molecule has 0 bridgehead atoms. The fourth-order valence-electron chi connectivity index (χ4n) is 1.53. The first-order valence-electron chi connectivity index (χ1n) is 6.26. The number of aliphatic hydroxyl groups is 1. The fourth-order valence-corrected chi connectivity index (χ4v) is 1.53. The first-order valence-corrected chi connectivity index (χ1v) is 6.26. The summed E-state index contributed by atoms with van der Waals surface area (Å²) in [5.74, 6) is 1.73. The number of anilines is 2. The van der Waals surface area contributed by atoms with Crippen LogP contribution in [0.4, 0.5) is 11.6 Å². The minimum absolute atomic E-state index is 0.265. The summed E-state index contributed by atoms with van der Waals surface area (Å²) in [6.07, 6.45) is 1.84. The van der Waals surface area contributed by atoms with Gasteiger partial charge < -0.3 is 25.2 Å². The average molecular weight is 270 g/mol. The van der Waals surface area contributed by atoms with Crippen molar-refractivity contribution in [3.63, 3.8) is 0 Å². The van der Waals surface area contributed by atoms with E-state index in [9.17, 15) is 5.11 Å². The van der Waals surface area contributed by atoms with Gasteiger partial charge in [0.05, 0.1) is 19.8 Å². The molecule has 0 saturated carbocycles. The first-order chi connectivity index (χ1) is 9.22. The van der Waals surface area contributed by atoms with Gasteiger partial charge in [-0.2, -0.15) is 0 Å². The normalized spacial score (nSPS) is 12.0. The van der Waals surface area contributed by atoms with E-state index >= 15 is 0 Å². The quantitative estimate of drug-likeness (QED) is 0.609. The molecule has 0 radical (unpaired) electrons. The van der Waals surface area contributed by atoms with E-state index in [0.29, 0.717) is 23.9 Å². The van der Waals surface area contributed by atoms with E-state index < -0.39 is 6.10 Å². The SMILES string of the molecule is CCCNc1ncnc(NCC(O)COC)c1OC. The van der Waals surface area contributed by atoms with Crippen LogP contribution in [0.15, 0.2) is 6.33 Å². The van der Waals surface area contributed by atoms with Gasteiger partial charge in [0.15, 0.2) is 11.6 Å². The van der Waals surface area contributed by atoms with Crippen molar-refractivity contribution >= 4 is 11.6 Å². The number of aliphatic hydroxyl groups excluding tert-OH is 1. The summed E-state index contributed by atoms with van der Waals surface area (Å²) in [7, 11) is 3.11. The molecule has 3 N–H and O–H groups in total. The molecule has 1 atom stereocenters. The maximum absolute atomic E-state index is 9.60. The van der Waals surface area contributed by atoms with Crippen molar-refractivity contribution in [2.24, 2.45) is 0 Å². The highest BCUT2D eigenvalue weighted by molar-refractivity contribution is 5.63. The van der Waals surface area contributed by atoms with Crippen LogP contribution in [0.5, 0.6) is 5.75 Å². The number of ether oxygens (including phenoxy) is 2. The van der Waals surface area contributed by atoms with E-state index in [0.717, 1.165) is 13.0 Å². The lowest BCUT2D eigenvalue weighted by molar-refractivity contribution is 0.0727. The molecule has 0 aliphatic heterocycles. The highest BCUT2D eigenvalue weighted by Crippen LogP contribution is 2.28. The van der Waals surface area contributed by atoms with Crippen molar-refractivity contribution in [3.05, 3.63) is 6.33 Å². The predicted octanol–water partition coefficient (Wildman–Crippen LogP) is 0.726. The molecule has 0 saturated heterocycles. The van der Waals surface area contributed by atoms with Gasteiger partial charge >= 0.3 is 0 Å². The Kier molecular flexibility index (Phi) is 6.91. The van der Waals surface area contributed by atoms with E-state index in [4.69, 9.17) is 9.47 Å². The number of hydrogen-bond acceptors (Lipinski definition) is 7. The van der Waals surface area contributed by atoms with Crippen LogP contribution in [-0.4, -0.2) is 55.1 Å². The molecule has 1 aromatic rings. The number of nitrogens with one attached hydrogen (secondary N) is 2. The molecule has 108 valence electrons. The molecule has 0 aliphatic carbocycles. The molecule has 19 heavy (non-hydrogen) atoms. The molecule has 7 heteroatoms. The van der Waals surface area contributed by atoms with E-state index in [1.54, 1.807) is 14.2 Å². The first kappa shape index (κ1) is 15.5. The number of methoxy groups -OCH3 is 2. The van der Waals surface area contributed by atoms with Gasteiger partial charge in [0.1, 0.15) is 6.33 Å². The minimum Gasteiger partial charge on any atom is -0.490 e. The molecule has 0 spiro atoms. The Bertz CT molecular complexity index is 376. The number of hydrogen-bond donors (Lipinski definition) is 3. The Morgan fingerprint density at radius 2 is 1.95 bits per heavy atom. The molecule has 1 aromatic heterocycles. The third-order valence-corrected chi connectivity index (χ3v) is 2.41. The molecule has 1 heterocycles. The maximum atomic E-state index is 9.60. The van der Waals surface area contributed by atoms with Gasteiger partial charge in [-0.3, -0.25) is 0 Å². The van der Waals surface area contributed by atoms with Gasteiger partial charge in [0.2, 0.25) is 5.75 Å². The molecule has 7 nitrogen and oxygen atoms in total. The van der Waals surface area contributed by atoms with Crippen LogP contribution in [-0.2, 0) is 4.74 Å². The van der Waals surface area contributed by atoms with E-state index in [-0.39, 0.29) is 6.61 Å². The Balaban J connectivity index is 2.71. The van der Waals surface area contributed by atoms with Gasteiger partial charge in [-0.25, -0.2) is 9.97 Å². The second-order valence-electron chi connectivity index (χ2n) is 4.02. The fraction of sp³-hybridized carbons (Fsp3) is 0.667. The van der Waals surface area contributed by atoms with Crippen LogP contribution in [0, 0.1) is 0 Å². The Labute approximate surface area is 113 Å². The van der Waals surface area contributed by atoms with Gasteiger partial charge in [0.25, 0.3) is 0 Å². The highest BCUT2D eigenvalue weighted by Gasteiger charge is 2.12. The zero-order chi connectivity index (χ0) is 14.1. The minimum atomic E-state index is -0.600. The van der Waals surface area contributed by atoms with Crippen LogP contribution in [0.1, 0.15) is 13.3 Å². The molecule has 0 amide bonds. The zero-order valence-corrected chi connectivity index (χ0v) is 11.6. The molecule has 1 rings (SSSR count). The molecular weight excluding hydrogens is 248 g/mol. The third-order valence-electron chi connectivity index (χ3n) is 2.41. The number of rotatable bonds is 9. The summed E-state index contributed by atoms with van der Waals surface area (Å²) >= 11 is 0. The summed E-state index contributed by atoms with van der Waals surface area (Å²) in [6.45, 7) is 3.47. The summed E-state index contributed by atoms with van der Waals surface area (Å²) in [5, 5.41) is 15.8. The van der Waals surface area contributed by atoms with Gasteiger partial charge in [-0.1, -0.05) is 6.92 Å². The molecule has 1 unspecified atom stereocenters. The van der Waals surface area contributed by atoms with Crippen LogP contribution in [0.3, 0.4) is 0 Å². The summed E-state index contributed by atoms with van der Waals surface area (Å²) < 4.78 is 10.2. The monoisotopic (exact) mass is 270 g/mol. The largest absolute Gasteiger partial charge is 0.490 e. The second-order valence-corrected chi connectivity index (χ2v) is 4.02. The van der Waals surface area contributed by atoms with E-state index in [1.165, 1.54) is 6.33 Å². The van der Waals surface area contributed by atoms with Crippen molar-refractivity contribution in [1.29, 1.82) is 0 Å². The lowest BCUT2D eigenvalue weighted by Crippen LogP contribution is -2.24. The topological polar surface area (TPSA) is 88.5 Å². The van der Waals surface area contributed by atoms with Gasteiger partial charge in [-0.15, -0.1) is 0 Å². The van der Waals surface area contributed by atoms with Crippen LogP contribution < -0.4 is 15.4 Å². The second kappa shape index (κ2) is 8.49. The number of aromatic nitrogens is 2. The summed E-state index contributed by atoms with van der Waals surface area (Å²) in [5.41, 5.74) is 0. The van der Waals surface area contributed by atoms with Crippen molar-refractivity contribution in [1.82, 2.24) is 9.97 Å². The molecule has 0 aromatic carbocycles. The smallest absolute Gasteiger partial charge is 0.204 e. The lowest BCUT2D eigenvalue weighted by atomic mass is 10.3. The Hall–Kier alpha value is -1.60. The average Bonchev–Trinajstić information content (AvgIpc) is 2.43. The Morgan fingerprint density at radius 3 is 2.53 bits per heavy atom. The van der Waals surface area contributed by atoms with E-state index in [1.807, 2.05) is 0 Å². The van der Waals surface area contributed by atoms with Gasteiger partial charge in [0, 0.05) is 20.2 Å². The summed E-state index contributed by atoms with van der Waals surface area (Å²) in [4.78, 5) is 8.25. The molecular formula is C12H22N4O3. The van der Waals surface area contributed by atoms with Crippen molar-refractivity contribution in [2.45, 2.75) is 19.4 Å². The Morgan fingerprint density at radius 1 is 1.26 bits per heavy atom. The van der Waals surface area contributed by atoms with Crippen LogP contribution in [0.2, 0.25) is 0 Å². The lowest BCUT2D eigenvalue weighted by Gasteiger charge is -2.15. The third kappa shape index (κ3) is 4.88. The van der Waals surface area contributed by atoms with E-state index in [2.05, 4.69) is 27.5 Å². The molecule has 0 fully saturated rings. The predicted molar refractivity (Wildman–Crippen MR) is 73.7 cm³/mol. The van der Waals surface area contributed by atoms with Gasteiger partial charge in [-0.05, 0) is 6.42 Å². The highest BCUT2D eigenvalue weighted by atomic mass is 16.5. The zero-order valence-electron chi connectivity index (χ0n) is 11.6. The number of nitrogens with zero attached hydrogens (tertiary/aromatic N) is 2. The standard InChI is InChI=1S/C12H22N4O3/c1-4-5-13-11-10(19-3)12(16-8-15-11)14-6-9(17)7-18-2/h8-9,17H,4-7H2,1-3H3,(H2,13,14,15,16). The van der Waals surface area contributed by atoms with Crippen molar-refractivity contribution in [2.75, 3.05) is 44.5 Å². The van der Waals surface area contributed by atoms with Crippen molar-refractivity contribution < 1.29 is 14.6 Å². The van der Waals surface area contributed by atoms with Crippen LogP contribution >= 0.6 is 0 Å². The van der Waals surface area contributed by atoms with Crippen LogP contribution in [0.25, 0.3) is 0 Å².